The lowest BCUT2D eigenvalue weighted by Gasteiger charge is -2.20. The van der Waals surface area contributed by atoms with Crippen LogP contribution in [0.1, 0.15) is 41.6 Å². The summed E-state index contributed by atoms with van der Waals surface area (Å²) in [5, 5.41) is 20.2. The van der Waals surface area contributed by atoms with Crippen LogP contribution in [0.5, 0.6) is 5.75 Å². The van der Waals surface area contributed by atoms with E-state index in [1.807, 2.05) is 30.3 Å². The van der Waals surface area contributed by atoms with Gasteiger partial charge in [-0.2, -0.15) is 0 Å². The van der Waals surface area contributed by atoms with Gasteiger partial charge in [-0.05, 0) is 37.6 Å². The van der Waals surface area contributed by atoms with E-state index in [-0.39, 0.29) is 18.4 Å². The Hall–Kier alpha value is -4.16. The number of aliphatic hydroxyl groups is 1. The number of ether oxygens (including phenoxy) is 1. The standard InChI is InChI=1S/C25H24N4O5/c1-25(2,32)12-11-17-9-10-20-19(13-17)29(3)24(31)18(15-33-20)26-22(30)23-28-27-21(34-23)14-16-7-5-4-6-8-16/h4-10,13,18,32H,14-15H2,1-3H3,(H,26,30)/t18-/m1/s1. The number of hydrogen-bond donors (Lipinski definition) is 2. The van der Waals surface area contributed by atoms with Crippen LogP contribution >= 0.6 is 0 Å². The van der Waals surface area contributed by atoms with Crippen LogP contribution in [-0.2, 0) is 11.2 Å². The first-order valence-electron chi connectivity index (χ1n) is 10.7. The monoisotopic (exact) mass is 460 g/mol. The lowest BCUT2D eigenvalue weighted by atomic mass is 10.1. The van der Waals surface area contributed by atoms with Crippen LogP contribution in [-0.4, -0.2) is 52.4 Å². The number of fused-ring (bicyclic) bond motifs is 1. The Morgan fingerprint density at radius 2 is 2.00 bits per heavy atom. The number of nitrogens with zero attached hydrogens (tertiary/aromatic N) is 3. The Morgan fingerprint density at radius 3 is 2.74 bits per heavy atom. The van der Waals surface area contributed by atoms with E-state index < -0.39 is 17.6 Å². The highest BCUT2D eigenvalue weighted by atomic mass is 16.5. The number of carbonyl (C=O) groups is 2. The van der Waals surface area contributed by atoms with E-state index in [0.717, 1.165) is 5.56 Å². The molecule has 1 aliphatic rings. The SMILES string of the molecule is CN1C(=O)[C@H](NC(=O)c2nnc(Cc3ccccc3)o2)COc2ccc(C#CC(C)(C)O)cc21. The highest BCUT2D eigenvalue weighted by Crippen LogP contribution is 2.31. The molecule has 2 N–H and O–H groups in total. The molecule has 0 bridgehead atoms. The molecule has 0 saturated carbocycles. The first-order chi connectivity index (χ1) is 16.2. The van der Waals surface area contributed by atoms with Crippen molar-refractivity contribution in [2.45, 2.75) is 31.9 Å². The van der Waals surface area contributed by atoms with E-state index in [1.54, 1.807) is 39.1 Å². The third kappa shape index (κ3) is 5.42. The van der Waals surface area contributed by atoms with Gasteiger partial charge in [0.05, 0.1) is 12.1 Å². The highest BCUT2D eigenvalue weighted by Gasteiger charge is 2.32. The largest absolute Gasteiger partial charge is 0.489 e. The molecule has 0 radical (unpaired) electrons. The summed E-state index contributed by atoms with van der Waals surface area (Å²) in [5.74, 6) is 5.13. The van der Waals surface area contributed by atoms with Crippen LogP contribution in [0.25, 0.3) is 0 Å². The molecule has 2 heterocycles. The first kappa shape index (κ1) is 23.0. The molecule has 2 aromatic carbocycles. The van der Waals surface area contributed by atoms with Crippen molar-refractivity contribution in [1.29, 1.82) is 0 Å². The van der Waals surface area contributed by atoms with Crippen LogP contribution in [0, 0.1) is 11.8 Å². The number of nitrogens with one attached hydrogen (secondary N) is 1. The number of amides is 2. The van der Waals surface area contributed by atoms with Gasteiger partial charge in [0, 0.05) is 12.6 Å². The molecule has 0 aliphatic carbocycles. The number of hydrogen-bond acceptors (Lipinski definition) is 7. The summed E-state index contributed by atoms with van der Waals surface area (Å²) in [6.07, 6.45) is 0.392. The lowest BCUT2D eigenvalue weighted by molar-refractivity contribution is -0.120. The second kappa shape index (κ2) is 9.37. The van der Waals surface area contributed by atoms with Gasteiger partial charge in [-0.25, -0.2) is 0 Å². The van der Waals surface area contributed by atoms with Crippen LogP contribution in [0.4, 0.5) is 5.69 Å². The van der Waals surface area contributed by atoms with Crippen molar-refractivity contribution in [1.82, 2.24) is 15.5 Å². The number of anilines is 1. The number of likely N-dealkylation sites (N-methyl/N-ethyl adjacent to an activating group) is 1. The van der Waals surface area contributed by atoms with Crippen LogP contribution < -0.4 is 15.0 Å². The van der Waals surface area contributed by atoms with Crippen molar-refractivity contribution in [3.63, 3.8) is 0 Å². The van der Waals surface area contributed by atoms with Crippen molar-refractivity contribution in [2.24, 2.45) is 0 Å². The third-order valence-corrected chi connectivity index (χ3v) is 5.03. The Bertz CT molecular complexity index is 1270. The average molecular weight is 460 g/mol. The molecule has 1 atom stereocenters. The third-order valence-electron chi connectivity index (χ3n) is 5.03. The maximum atomic E-state index is 13.0. The summed E-state index contributed by atoms with van der Waals surface area (Å²) in [6, 6.07) is 13.7. The smallest absolute Gasteiger partial charge is 0.309 e. The highest BCUT2D eigenvalue weighted by molar-refractivity contribution is 6.02. The fraction of sp³-hybridized carbons (Fsp3) is 0.280. The van der Waals surface area contributed by atoms with E-state index >= 15 is 0 Å². The molecule has 0 fully saturated rings. The van der Waals surface area contributed by atoms with Crippen LogP contribution in [0.2, 0.25) is 0 Å². The summed E-state index contributed by atoms with van der Waals surface area (Å²) in [6.45, 7) is 3.11. The fourth-order valence-electron chi connectivity index (χ4n) is 3.31. The predicted octanol–water partition coefficient (Wildman–Crippen LogP) is 1.94. The molecule has 9 nitrogen and oxygen atoms in total. The van der Waals surface area contributed by atoms with Gasteiger partial charge >= 0.3 is 11.8 Å². The van der Waals surface area contributed by atoms with Crippen molar-refractivity contribution in [3.05, 3.63) is 71.4 Å². The lowest BCUT2D eigenvalue weighted by Crippen LogP contribution is -2.49. The Balaban J connectivity index is 1.46. The Kier molecular flexibility index (Phi) is 6.34. The number of aromatic nitrogens is 2. The second-order valence-corrected chi connectivity index (χ2v) is 8.39. The van der Waals surface area contributed by atoms with E-state index in [1.165, 1.54) is 4.90 Å². The van der Waals surface area contributed by atoms with Crippen molar-refractivity contribution in [3.8, 4) is 17.6 Å². The quantitative estimate of drug-likeness (QED) is 0.571. The van der Waals surface area contributed by atoms with Crippen molar-refractivity contribution in [2.75, 3.05) is 18.6 Å². The van der Waals surface area contributed by atoms with Crippen molar-refractivity contribution >= 4 is 17.5 Å². The van der Waals surface area contributed by atoms with Crippen LogP contribution in [0.3, 0.4) is 0 Å². The maximum Gasteiger partial charge on any atom is 0.309 e. The topological polar surface area (TPSA) is 118 Å². The van der Waals surface area contributed by atoms with Gasteiger partial charge in [0.2, 0.25) is 5.89 Å². The zero-order valence-corrected chi connectivity index (χ0v) is 19.0. The molecule has 174 valence electrons. The second-order valence-electron chi connectivity index (χ2n) is 8.39. The molecular formula is C25H24N4O5. The zero-order valence-electron chi connectivity index (χ0n) is 19.0. The molecule has 9 heteroatoms. The molecule has 3 aromatic rings. The molecule has 1 aliphatic heterocycles. The molecule has 34 heavy (non-hydrogen) atoms. The van der Waals surface area contributed by atoms with Gasteiger partial charge in [0.25, 0.3) is 5.91 Å². The van der Waals surface area contributed by atoms with E-state index in [0.29, 0.717) is 29.3 Å². The minimum Gasteiger partial charge on any atom is -0.489 e. The van der Waals surface area contributed by atoms with Crippen LogP contribution in [0.15, 0.2) is 52.9 Å². The maximum absolute atomic E-state index is 13.0. The summed E-state index contributed by atoms with van der Waals surface area (Å²) < 4.78 is 11.3. The minimum absolute atomic E-state index is 0.0678. The van der Waals surface area contributed by atoms with Crippen molar-refractivity contribution < 1.29 is 23.8 Å². The summed E-state index contributed by atoms with van der Waals surface area (Å²) in [7, 11) is 1.59. The summed E-state index contributed by atoms with van der Waals surface area (Å²) in [5.41, 5.74) is 0.947. The predicted molar refractivity (Wildman–Crippen MR) is 123 cm³/mol. The first-order valence-corrected chi connectivity index (χ1v) is 10.7. The molecule has 4 rings (SSSR count). The van der Waals surface area contributed by atoms with Gasteiger partial charge in [-0.3, -0.25) is 9.59 Å². The van der Waals surface area contributed by atoms with Gasteiger partial charge in [0.1, 0.15) is 24.0 Å². The normalized spacial score (nSPS) is 15.5. The van der Waals surface area contributed by atoms with E-state index in [2.05, 4.69) is 27.4 Å². The van der Waals surface area contributed by atoms with Gasteiger partial charge in [-0.1, -0.05) is 42.2 Å². The molecule has 0 spiro atoms. The molecule has 1 aromatic heterocycles. The number of benzene rings is 2. The zero-order chi connectivity index (χ0) is 24.3. The Labute approximate surface area is 196 Å². The Morgan fingerprint density at radius 1 is 1.24 bits per heavy atom. The molecule has 0 unspecified atom stereocenters. The van der Waals surface area contributed by atoms with Gasteiger partial charge in [-0.15, -0.1) is 10.2 Å². The van der Waals surface area contributed by atoms with Gasteiger partial charge < -0.3 is 24.5 Å². The summed E-state index contributed by atoms with van der Waals surface area (Å²) >= 11 is 0. The molecular weight excluding hydrogens is 436 g/mol. The summed E-state index contributed by atoms with van der Waals surface area (Å²) in [4.78, 5) is 27.1. The fourth-order valence-corrected chi connectivity index (χ4v) is 3.31. The van der Waals surface area contributed by atoms with Gasteiger partial charge in [0.15, 0.2) is 0 Å². The number of rotatable bonds is 4. The van der Waals surface area contributed by atoms with E-state index in [4.69, 9.17) is 9.15 Å². The average Bonchev–Trinajstić information content (AvgIpc) is 3.24. The minimum atomic E-state index is -1.14. The molecule has 0 saturated heterocycles. The number of carbonyl (C=O) groups excluding carboxylic acids is 2. The molecule has 2 amide bonds. The van der Waals surface area contributed by atoms with E-state index in [9.17, 15) is 14.7 Å².